The van der Waals surface area contributed by atoms with Crippen molar-refractivity contribution >= 4 is 21.8 Å². The second-order valence-electron chi connectivity index (χ2n) is 6.02. The molecule has 0 spiro atoms. The molecule has 3 atom stereocenters. The van der Waals surface area contributed by atoms with E-state index in [1.54, 1.807) is 0 Å². The number of urea groups is 1. The summed E-state index contributed by atoms with van der Waals surface area (Å²) in [7, 11) is -2.92. The minimum absolute atomic E-state index is 0.0149. The number of rotatable bonds is 4. The van der Waals surface area contributed by atoms with Gasteiger partial charge in [0.05, 0.1) is 17.4 Å². The molecule has 2 amide bonds. The fourth-order valence-electron chi connectivity index (χ4n) is 3.05. The van der Waals surface area contributed by atoms with E-state index in [4.69, 9.17) is 5.11 Å². The van der Waals surface area contributed by atoms with Crippen molar-refractivity contribution in [3.63, 3.8) is 0 Å². The molecule has 0 aromatic heterocycles. The second-order valence-corrected chi connectivity index (χ2v) is 8.25. The van der Waals surface area contributed by atoms with Crippen molar-refractivity contribution in [2.24, 2.45) is 11.8 Å². The third-order valence-corrected chi connectivity index (χ3v) is 6.07. The van der Waals surface area contributed by atoms with Gasteiger partial charge in [-0.3, -0.25) is 4.79 Å². The molecule has 7 nitrogen and oxygen atoms in total. The molecule has 2 aliphatic rings. The largest absolute Gasteiger partial charge is 0.481 e. The van der Waals surface area contributed by atoms with E-state index in [-0.39, 0.29) is 35.4 Å². The molecule has 3 unspecified atom stereocenters. The molecule has 2 rings (SSSR count). The first-order valence-electron chi connectivity index (χ1n) is 7.33. The molecule has 1 heterocycles. The van der Waals surface area contributed by atoms with Gasteiger partial charge < -0.3 is 15.7 Å². The number of carboxylic acids is 1. The number of amides is 2. The SMILES string of the molecule is O=C(NCC1CCS(=O)(=O)C1)NC1CCCC(C(=O)O)C1. The van der Waals surface area contributed by atoms with Crippen LogP contribution in [0.3, 0.4) is 0 Å². The summed E-state index contributed by atoms with van der Waals surface area (Å²) in [5, 5.41) is 14.5. The molecule has 1 aliphatic carbocycles. The summed E-state index contributed by atoms with van der Waals surface area (Å²) < 4.78 is 22.6. The van der Waals surface area contributed by atoms with Gasteiger partial charge in [-0.25, -0.2) is 13.2 Å². The van der Waals surface area contributed by atoms with Crippen LogP contribution in [-0.2, 0) is 14.6 Å². The van der Waals surface area contributed by atoms with Gasteiger partial charge in [0, 0.05) is 12.6 Å². The van der Waals surface area contributed by atoms with E-state index in [0.29, 0.717) is 25.8 Å². The van der Waals surface area contributed by atoms with Crippen LogP contribution in [0.2, 0.25) is 0 Å². The Morgan fingerprint density at radius 2 is 1.95 bits per heavy atom. The van der Waals surface area contributed by atoms with Crippen LogP contribution in [0.1, 0.15) is 32.1 Å². The maximum absolute atomic E-state index is 11.8. The second kappa shape index (κ2) is 6.64. The van der Waals surface area contributed by atoms with Gasteiger partial charge in [-0.15, -0.1) is 0 Å². The van der Waals surface area contributed by atoms with Crippen LogP contribution in [0, 0.1) is 11.8 Å². The average molecular weight is 318 g/mol. The summed E-state index contributed by atoms with van der Waals surface area (Å²) >= 11 is 0. The molecule has 2 fully saturated rings. The lowest BCUT2D eigenvalue weighted by Crippen LogP contribution is -2.46. The summed E-state index contributed by atoms with van der Waals surface area (Å²) in [5.74, 6) is -0.872. The van der Waals surface area contributed by atoms with E-state index < -0.39 is 15.8 Å². The van der Waals surface area contributed by atoms with Gasteiger partial charge >= 0.3 is 12.0 Å². The van der Waals surface area contributed by atoms with E-state index in [1.165, 1.54) is 0 Å². The highest BCUT2D eigenvalue weighted by Crippen LogP contribution is 2.24. The summed E-state index contributed by atoms with van der Waals surface area (Å²) in [4.78, 5) is 22.7. The summed E-state index contributed by atoms with van der Waals surface area (Å²) in [6.07, 6.45) is 3.29. The standard InChI is InChI=1S/C13H22N2O5S/c16-12(17)10-2-1-3-11(6-10)15-13(18)14-7-9-4-5-21(19,20)8-9/h9-11H,1-8H2,(H,16,17)(H2,14,15,18). The molecule has 0 bridgehead atoms. The average Bonchev–Trinajstić information content (AvgIpc) is 2.76. The molecule has 0 aromatic carbocycles. The van der Waals surface area contributed by atoms with Gasteiger partial charge in [0.1, 0.15) is 0 Å². The predicted octanol–water partition coefficient (Wildman–Crippen LogP) is 0.364. The normalized spacial score (nSPS) is 31.5. The van der Waals surface area contributed by atoms with E-state index in [9.17, 15) is 18.0 Å². The number of carboxylic acid groups (broad SMARTS) is 1. The molecule has 1 saturated heterocycles. The summed E-state index contributed by atoms with van der Waals surface area (Å²) in [6.45, 7) is 0.347. The fourth-order valence-corrected chi connectivity index (χ4v) is 4.91. The number of nitrogens with one attached hydrogen (secondary N) is 2. The van der Waals surface area contributed by atoms with Crippen molar-refractivity contribution in [1.29, 1.82) is 0 Å². The van der Waals surface area contributed by atoms with Gasteiger partial charge in [0.15, 0.2) is 9.84 Å². The Morgan fingerprint density at radius 3 is 2.57 bits per heavy atom. The van der Waals surface area contributed by atoms with Gasteiger partial charge in [0.25, 0.3) is 0 Å². The minimum Gasteiger partial charge on any atom is -0.481 e. The van der Waals surface area contributed by atoms with Crippen LogP contribution in [0.15, 0.2) is 0 Å². The van der Waals surface area contributed by atoms with E-state index in [1.807, 2.05) is 0 Å². The van der Waals surface area contributed by atoms with Crippen LogP contribution in [0.4, 0.5) is 4.79 Å². The van der Waals surface area contributed by atoms with Crippen LogP contribution in [0.5, 0.6) is 0 Å². The first-order chi connectivity index (χ1) is 9.85. The lowest BCUT2D eigenvalue weighted by atomic mass is 9.86. The Bertz CT molecular complexity index is 505. The third kappa shape index (κ3) is 4.87. The monoisotopic (exact) mass is 318 g/mol. The van der Waals surface area contributed by atoms with Crippen LogP contribution in [-0.4, -0.2) is 49.6 Å². The Hall–Kier alpha value is -1.31. The Labute approximate surface area is 124 Å². The van der Waals surface area contributed by atoms with Crippen LogP contribution >= 0.6 is 0 Å². The molecular weight excluding hydrogens is 296 g/mol. The molecule has 1 aliphatic heterocycles. The highest BCUT2D eigenvalue weighted by Gasteiger charge is 2.29. The van der Waals surface area contributed by atoms with Crippen molar-refractivity contribution in [2.45, 2.75) is 38.1 Å². The van der Waals surface area contributed by atoms with Gasteiger partial charge in [-0.2, -0.15) is 0 Å². The van der Waals surface area contributed by atoms with Gasteiger partial charge in [-0.05, 0) is 31.6 Å². The fraction of sp³-hybridized carbons (Fsp3) is 0.846. The van der Waals surface area contributed by atoms with E-state index >= 15 is 0 Å². The maximum Gasteiger partial charge on any atom is 0.315 e. The van der Waals surface area contributed by atoms with Gasteiger partial charge in [-0.1, -0.05) is 6.42 Å². The molecule has 0 radical (unpaired) electrons. The van der Waals surface area contributed by atoms with Crippen molar-refractivity contribution in [3.8, 4) is 0 Å². The molecule has 120 valence electrons. The molecular formula is C13H22N2O5S. The summed E-state index contributed by atoms with van der Waals surface area (Å²) in [6, 6.07) is -0.456. The highest BCUT2D eigenvalue weighted by molar-refractivity contribution is 7.91. The topological polar surface area (TPSA) is 113 Å². The minimum atomic E-state index is -2.92. The van der Waals surface area contributed by atoms with Gasteiger partial charge in [0.2, 0.25) is 0 Å². The number of carbonyl (C=O) groups is 2. The van der Waals surface area contributed by atoms with E-state index in [0.717, 1.165) is 12.8 Å². The van der Waals surface area contributed by atoms with Crippen molar-refractivity contribution in [3.05, 3.63) is 0 Å². The molecule has 8 heteroatoms. The lowest BCUT2D eigenvalue weighted by molar-refractivity contribution is -0.143. The zero-order valence-electron chi connectivity index (χ0n) is 11.9. The van der Waals surface area contributed by atoms with Crippen molar-refractivity contribution in [1.82, 2.24) is 10.6 Å². The molecule has 1 saturated carbocycles. The Kier molecular flexibility index (Phi) is 5.08. The molecule has 0 aromatic rings. The van der Waals surface area contributed by atoms with E-state index in [2.05, 4.69) is 10.6 Å². The first kappa shape index (κ1) is 16.1. The van der Waals surface area contributed by atoms with Crippen molar-refractivity contribution in [2.75, 3.05) is 18.1 Å². The Balaban J connectivity index is 1.71. The quantitative estimate of drug-likeness (QED) is 0.693. The number of carbonyl (C=O) groups excluding carboxylic acids is 1. The number of hydrogen-bond acceptors (Lipinski definition) is 4. The summed E-state index contributed by atoms with van der Waals surface area (Å²) in [5.41, 5.74) is 0. The zero-order chi connectivity index (χ0) is 15.5. The first-order valence-corrected chi connectivity index (χ1v) is 9.15. The third-order valence-electron chi connectivity index (χ3n) is 4.24. The lowest BCUT2D eigenvalue weighted by Gasteiger charge is -2.27. The molecule has 21 heavy (non-hydrogen) atoms. The predicted molar refractivity (Wildman–Crippen MR) is 76.7 cm³/mol. The number of aliphatic carboxylic acids is 1. The maximum atomic E-state index is 11.8. The highest BCUT2D eigenvalue weighted by atomic mass is 32.2. The smallest absolute Gasteiger partial charge is 0.315 e. The van der Waals surface area contributed by atoms with Crippen LogP contribution < -0.4 is 10.6 Å². The number of hydrogen-bond donors (Lipinski definition) is 3. The Morgan fingerprint density at radius 1 is 1.19 bits per heavy atom. The van der Waals surface area contributed by atoms with Crippen molar-refractivity contribution < 1.29 is 23.1 Å². The number of sulfone groups is 1. The zero-order valence-corrected chi connectivity index (χ0v) is 12.7. The molecule has 3 N–H and O–H groups in total. The van der Waals surface area contributed by atoms with Crippen LogP contribution in [0.25, 0.3) is 0 Å².